The van der Waals surface area contributed by atoms with Gasteiger partial charge in [-0.25, -0.2) is 0 Å². The molecule has 0 unspecified atom stereocenters. The quantitative estimate of drug-likeness (QED) is 0.645. The molecule has 0 atom stereocenters. The third kappa shape index (κ3) is 2.51. The Labute approximate surface area is 98.6 Å². The van der Waals surface area contributed by atoms with Crippen molar-refractivity contribution in [1.29, 1.82) is 0 Å². The summed E-state index contributed by atoms with van der Waals surface area (Å²) in [5.74, 6) is 0. The second-order valence-electron chi connectivity index (χ2n) is 3.76. The molecular formula is C12H13N3O2. The van der Waals surface area contributed by atoms with Crippen molar-refractivity contribution in [2.45, 2.75) is 13.1 Å². The Balaban J connectivity index is 2.16. The largest absolute Gasteiger partial charge is 0.346 e. The lowest BCUT2D eigenvalue weighted by atomic mass is 10.2. The summed E-state index contributed by atoms with van der Waals surface area (Å²) in [7, 11) is 0. The second-order valence-corrected chi connectivity index (χ2v) is 3.76. The first kappa shape index (κ1) is 11.3. The van der Waals surface area contributed by atoms with Crippen LogP contribution in [0.3, 0.4) is 0 Å². The highest BCUT2D eigenvalue weighted by molar-refractivity contribution is 5.33. The van der Waals surface area contributed by atoms with Gasteiger partial charge in [0.2, 0.25) is 0 Å². The van der Waals surface area contributed by atoms with Crippen molar-refractivity contribution < 1.29 is 4.92 Å². The number of benzene rings is 1. The number of nitro groups is 1. The summed E-state index contributed by atoms with van der Waals surface area (Å²) in [4.78, 5) is 10.1. The first-order valence-electron chi connectivity index (χ1n) is 5.28. The van der Waals surface area contributed by atoms with E-state index >= 15 is 0 Å². The van der Waals surface area contributed by atoms with Crippen LogP contribution in [0.4, 0.5) is 5.69 Å². The van der Waals surface area contributed by atoms with Crippen LogP contribution in [-0.4, -0.2) is 9.49 Å². The summed E-state index contributed by atoms with van der Waals surface area (Å²) in [5, 5.41) is 10.5. The Morgan fingerprint density at radius 1 is 1.24 bits per heavy atom. The molecule has 1 aromatic heterocycles. The van der Waals surface area contributed by atoms with Crippen molar-refractivity contribution in [2.24, 2.45) is 5.73 Å². The number of hydrogen-bond acceptors (Lipinski definition) is 3. The highest BCUT2D eigenvalue weighted by atomic mass is 16.6. The van der Waals surface area contributed by atoms with Crippen molar-refractivity contribution in [3.8, 4) is 0 Å². The smallest absolute Gasteiger partial charge is 0.269 e. The molecule has 2 rings (SSSR count). The molecule has 0 aliphatic rings. The van der Waals surface area contributed by atoms with Gasteiger partial charge in [-0.1, -0.05) is 12.1 Å². The van der Waals surface area contributed by atoms with E-state index in [-0.39, 0.29) is 5.69 Å². The third-order valence-corrected chi connectivity index (χ3v) is 2.63. The van der Waals surface area contributed by atoms with E-state index in [0.717, 1.165) is 11.3 Å². The monoisotopic (exact) mass is 231 g/mol. The van der Waals surface area contributed by atoms with Crippen LogP contribution >= 0.6 is 0 Å². The predicted octanol–water partition coefficient (Wildman–Crippen LogP) is 1.90. The zero-order valence-electron chi connectivity index (χ0n) is 9.24. The summed E-state index contributed by atoms with van der Waals surface area (Å²) in [6.45, 7) is 1.16. The molecule has 0 aliphatic heterocycles. The van der Waals surface area contributed by atoms with Gasteiger partial charge in [0, 0.05) is 37.1 Å². The van der Waals surface area contributed by atoms with E-state index < -0.39 is 4.92 Å². The van der Waals surface area contributed by atoms with E-state index in [1.165, 1.54) is 12.1 Å². The van der Waals surface area contributed by atoms with Crippen LogP contribution in [0.2, 0.25) is 0 Å². The normalized spacial score (nSPS) is 10.4. The maximum Gasteiger partial charge on any atom is 0.269 e. The van der Waals surface area contributed by atoms with Crippen molar-refractivity contribution in [3.63, 3.8) is 0 Å². The fourth-order valence-corrected chi connectivity index (χ4v) is 1.71. The molecule has 1 heterocycles. The van der Waals surface area contributed by atoms with Gasteiger partial charge in [0.1, 0.15) is 0 Å². The van der Waals surface area contributed by atoms with E-state index in [4.69, 9.17) is 5.73 Å². The minimum Gasteiger partial charge on any atom is -0.346 e. The summed E-state index contributed by atoms with van der Waals surface area (Å²) in [5.41, 5.74) is 7.77. The minimum absolute atomic E-state index is 0.111. The van der Waals surface area contributed by atoms with Crippen molar-refractivity contribution >= 4 is 5.69 Å². The van der Waals surface area contributed by atoms with E-state index in [1.54, 1.807) is 12.1 Å². The van der Waals surface area contributed by atoms with Gasteiger partial charge >= 0.3 is 0 Å². The molecule has 0 amide bonds. The molecular weight excluding hydrogens is 218 g/mol. The summed E-state index contributed by atoms with van der Waals surface area (Å²) in [6.07, 6.45) is 1.95. The van der Waals surface area contributed by atoms with Gasteiger partial charge in [0.15, 0.2) is 0 Å². The summed E-state index contributed by atoms with van der Waals surface area (Å²) < 4.78 is 2.03. The molecule has 0 bridgehead atoms. The van der Waals surface area contributed by atoms with Crippen LogP contribution in [0.15, 0.2) is 42.6 Å². The number of non-ortho nitro benzene ring substituents is 1. The number of rotatable bonds is 4. The maximum atomic E-state index is 10.5. The summed E-state index contributed by atoms with van der Waals surface area (Å²) >= 11 is 0. The van der Waals surface area contributed by atoms with Crippen LogP contribution < -0.4 is 5.73 Å². The van der Waals surface area contributed by atoms with Crippen LogP contribution in [0.5, 0.6) is 0 Å². The standard InChI is InChI=1S/C12H13N3O2/c13-8-12-2-1-7-14(12)9-10-3-5-11(6-4-10)15(16)17/h1-7H,8-9,13H2. The molecule has 0 saturated carbocycles. The SMILES string of the molecule is NCc1cccn1Cc1ccc([N+](=O)[O-])cc1. The maximum absolute atomic E-state index is 10.5. The second kappa shape index (κ2) is 4.80. The lowest BCUT2D eigenvalue weighted by Crippen LogP contribution is -2.07. The lowest BCUT2D eigenvalue weighted by molar-refractivity contribution is -0.384. The van der Waals surface area contributed by atoms with Gasteiger partial charge in [0.25, 0.3) is 5.69 Å². The molecule has 88 valence electrons. The van der Waals surface area contributed by atoms with Crippen molar-refractivity contribution in [3.05, 3.63) is 64.0 Å². The molecule has 17 heavy (non-hydrogen) atoms. The topological polar surface area (TPSA) is 74.1 Å². The highest BCUT2D eigenvalue weighted by Crippen LogP contribution is 2.13. The molecule has 0 spiro atoms. The van der Waals surface area contributed by atoms with Gasteiger partial charge in [0.05, 0.1) is 4.92 Å². The lowest BCUT2D eigenvalue weighted by Gasteiger charge is -2.07. The van der Waals surface area contributed by atoms with E-state index in [2.05, 4.69) is 0 Å². The zero-order valence-corrected chi connectivity index (χ0v) is 9.24. The number of nitrogens with zero attached hydrogens (tertiary/aromatic N) is 2. The van der Waals surface area contributed by atoms with Gasteiger partial charge in [-0.15, -0.1) is 0 Å². The van der Waals surface area contributed by atoms with Crippen LogP contribution in [0.1, 0.15) is 11.3 Å². The van der Waals surface area contributed by atoms with Crippen LogP contribution in [-0.2, 0) is 13.1 Å². The Hall–Kier alpha value is -2.14. The van der Waals surface area contributed by atoms with E-state index in [9.17, 15) is 10.1 Å². The predicted molar refractivity (Wildman–Crippen MR) is 64.5 cm³/mol. The Morgan fingerprint density at radius 3 is 2.53 bits per heavy atom. The zero-order chi connectivity index (χ0) is 12.3. The first-order chi connectivity index (χ1) is 8.20. The molecule has 2 aromatic rings. The Kier molecular flexibility index (Phi) is 3.20. The summed E-state index contributed by atoms with van der Waals surface area (Å²) in [6, 6.07) is 10.5. The molecule has 0 fully saturated rings. The highest BCUT2D eigenvalue weighted by Gasteiger charge is 2.05. The Morgan fingerprint density at radius 2 is 1.94 bits per heavy atom. The van der Waals surface area contributed by atoms with Crippen LogP contribution in [0, 0.1) is 10.1 Å². The van der Waals surface area contributed by atoms with Gasteiger partial charge < -0.3 is 10.3 Å². The van der Waals surface area contributed by atoms with Gasteiger partial charge in [-0.3, -0.25) is 10.1 Å². The van der Waals surface area contributed by atoms with Crippen molar-refractivity contribution in [2.75, 3.05) is 0 Å². The fourth-order valence-electron chi connectivity index (χ4n) is 1.71. The third-order valence-electron chi connectivity index (χ3n) is 2.63. The van der Waals surface area contributed by atoms with E-state index in [0.29, 0.717) is 13.1 Å². The van der Waals surface area contributed by atoms with Crippen molar-refractivity contribution in [1.82, 2.24) is 4.57 Å². The molecule has 0 saturated heterocycles. The molecule has 2 N–H and O–H groups in total. The number of aromatic nitrogens is 1. The first-order valence-corrected chi connectivity index (χ1v) is 5.28. The number of nitrogens with two attached hydrogens (primary N) is 1. The number of nitro benzene ring substituents is 1. The molecule has 1 aromatic carbocycles. The van der Waals surface area contributed by atoms with Gasteiger partial charge in [-0.2, -0.15) is 0 Å². The molecule has 5 heteroatoms. The molecule has 5 nitrogen and oxygen atoms in total. The van der Waals surface area contributed by atoms with Crippen LogP contribution in [0.25, 0.3) is 0 Å². The average molecular weight is 231 g/mol. The molecule has 0 aliphatic carbocycles. The van der Waals surface area contributed by atoms with E-state index in [1.807, 2.05) is 22.9 Å². The number of hydrogen-bond donors (Lipinski definition) is 1. The average Bonchev–Trinajstić information content (AvgIpc) is 2.77. The fraction of sp³-hybridized carbons (Fsp3) is 0.167. The Bertz CT molecular complexity index is 517. The van der Waals surface area contributed by atoms with Gasteiger partial charge in [-0.05, 0) is 17.7 Å². The minimum atomic E-state index is -0.398. The molecule has 0 radical (unpaired) electrons.